The number of nitrogens with zero attached hydrogens (tertiary/aromatic N) is 2. The van der Waals surface area contributed by atoms with Crippen LogP contribution >= 0.6 is 11.3 Å². The highest BCUT2D eigenvalue weighted by Crippen LogP contribution is 2.21. The maximum absolute atomic E-state index is 13.1. The standard InChI is InChI=1S/C25H20FN3O7S2/c1-35-22(30)14-29-20-12-5-16(24(32)36-2)13-21(20)37-25(29)27-23(31)15-3-8-18(9-4-15)28-38(33,34)19-10-6-17(26)7-11-19/h3-13,28H,14H2,1-2H3. The first kappa shape index (κ1) is 26.7. The van der Waals surface area contributed by atoms with Crippen LogP contribution in [0.15, 0.2) is 76.6 Å². The van der Waals surface area contributed by atoms with Gasteiger partial charge in [0.15, 0.2) is 4.80 Å². The number of fused-ring (bicyclic) bond motifs is 1. The van der Waals surface area contributed by atoms with E-state index in [1.54, 1.807) is 12.1 Å². The molecule has 0 aliphatic carbocycles. The number of benzene rings is 3. The normalized spacial score (nSPS) is 11.8. The van der Waals surface area contributed by atoms with Crippen LogP contribution in [0.5, 0.6) is 0 Å². The minimum atomic E-state index is -3.96. The lowest BCUT2D eigenvalue weighted by atomic mass is 10.2. The van der Waals surface area contributed by atoms with Crippen LogP contribution in [0.2, 0.25) is 0 Å². The van der Waals surface area contributed by atoms with Crippen LogP contribution in [0.25, 0.3) is 10.2 Å². The second kappa shape index (κ2) is 10.9. The molecule has 1 N–H and O–H groups in total. The third kappa shape index (κ3) is 5.79. The van der Waals surface area contributed by atoms with Crippen LogP contribution in [-0.2, 0) is 30.8 Å². The number of methoxy groups -OCH3 is 2. The molecule has 3 aromatic carbocycles. The van der Waals surface area contributed by atoms with E-state index in [2.05, 4.69) is 9.71 Å². The number of hydrogen-bond donors (Lipinski definition) is 1. The van der Waals surface area contributed by atoms with Crippen molar-refractivity contribution in [2.45, 2.75) is 11.4 Å². The molecule has 0 fully saturated rings. The van der Waals surface area contributed by atoms with E-state index in [4.69, 9.17) is 9.47 Å². The Hall–Kier alpha value is -4.36. The summed E-state index contributed by atoms with van der Waals surface area (Å²) < 4.78 is 52.1. The molecule has 4 rings (SSSR count). The summed E-state index contributed by atoms with van der Waals surface area (Å²) >= 11 is 1.09. The minimum Gasteiger partial charge on any atom is -0.468 e. The van der Waals surface area contributed by atoms with Gasteiger partial charge in [0.05, 0.1) is 34.9 Å². The summed E-state index contributed by atoms with van der Waals surface area (Å²) in [5.41, 5.74) is 1.20. The number of rotatable bonds is 7. The van der Waals surface area contributed by atoms with Crippen LogP contribution in [0, 0.1) is 5.82 Å². The number of aromatic nitrogens is 1. The number of esters is 2. The van der Waals surface area contributed by atoms with Crippen molar-refractivity contribution in [3.05, 3.63) is 88.5 Å². The molecule has 0 unspecified atom stereocenters. The molecule has 0 saturated heterocycles. The number of amides is 1. The van der Waals surface area contributed by atoms with Gasteiger partial charge in [-0.2, -0.15) is 4.99 Å². The van der Waals surface area contributed by atoms with E-state index in [9.17, 15) is 27.2 Å². The number of anilines is 1. The summed E-state index contributed by atoms with van der Waals surface area (Å²) in [5, 5.41) is 0. The summed E-state index contributed by atoms with van der Waals surface area (Å²) in [6, 6.07) is 14.6. The molecule has 0 radical (unpaired) electrons. The third-order valence-electron chi connectivity index (χ3n) is 5.32. The van der Waals surface area contributed by atoms with E-state index in [1.807, 2.05) is 0 Å². The van der Waals surface area contributed by atoms with Crippen LogP contribution < -0.4 is 9.52 Å². The zero-order valence-corrected chi connectivity index (χ0v) is 21.6. The van der Waals surface area contributed by atoms with Crippen molar-refractivity contribution in [3.8, 4) is 0 Å². The van der Waals surface area contributed by atoms with Crippen molar-refractivity contribution in [3.63, 3.8) is 0 Å². The van der Waals surface area contributed by atoms with Crippen molar-refractivity contribution < 1.29 is 36.7 Å². The molecule has 1 heterocycles. The van der Waals surface area contributed by atoms with Gasteiger partial charge in [-0.25, -0.2) is 17.6 Å². The summed E-state index contributed by atoms with van der Waals surface area (Å²) in [6.07, 6.45) is 0. The van der Waals surface area contributed by atoms with Gasteiger partial charge in [0.1, 0.15) is 12.4 Å². The van der Waals surface area contributed by atoms with E-state index in [0.29, 0.717) is 15.8 Å². The lowest BCUT2D eigenvalue weighted by molar-refractivity contribution is -0.141. The van der Waals surface area contributed by atoms with E-state index in [-0.39, 0.29) is 27.5 Å². The van der Waals surface area contributed by atoms with Crippen molar-refractivity contribution in [1.29, 1.82) is 0 Å². The summed E-state index contributed by atoms with van der Waals surface area (Å²) in [6.45, 7) is -0.218. The van der Waals surface area contributed by atoms with Crippen LogP contribution in [0.3, 0.4) is 0 Å². The zero-order valence-electron chi connectivity index (χ0n) is 20.0. The molecule has 10 nitrogen and oxygen atoms in total. The molecular weight excluding hydrogens is 537 g/mol. The Kier molecular flexibility index (Phi) is 7.69. The van der Waals surface area contributed by atoms with Crippen molar-refractivity contribution >= 4 is 55.1 Å². The molecule has 0 atom stereocenters. The fourth-order valence-electron chi connectivity index (χ4n) is 3.41. The van der Waals surface area contributed by atoms with Gasteiger partial charge in [-0.3, -0.25) is 14.3 Å². The van der Waals surface area contributed by atoms with Crippen LogP contribution in [0.4, 0.5) is 10.1 Å². The first-order valence-corrected chi connectivity index (χ1v) is 13.2. The molecule has 1 amide bonds. The molecule has 38 heavy (non-hydrogen) atoms. The third-order valence-corrected chi connectivity index (χ3v) is 7.76. The largest absolute Gasteiger partial charge is 0.468 e. The predicted molar refractivity (Wildman–Crippen MR) is 137 cm³/mol. The average Bonchev–Trinajstić information content (AvgIpc) is 3.24. The van der Waals surface area contributed by atoms with E-state index >= 15 is 0 Å². The maximum Gasteiger partial charge on any atom is 0.337 e. The average molecular weight is 558 g/mol. The van der Waals surface area contributed by atoms with Gasteiger partial charge in [-0.1, -0.05) is 11.3 Å². The smallest absolute Gasteiger partial charge is 0.337 e. The molecule has 196 valence electrons. The molecule has 0 saturated carbocycles. The first-order valence-electron chi connectivity index (χ1n) is 10.9. The molecule has 13 heteroatoms. The van der Waals surface area contributed by atoms with Crippen molar-refractivity contribution in [2.24, 2.45) is 4.99 Å². The SMILES string of the molecule is COC(=O)Cn1c(=NC(=O)c2ccc(NS(=O)(=O)c3ccc(F)cc3)cc2)sc2cc(C(=O)OC)ccc21. The van der Waals surface area contributed by atoms with E-state index in [1.165, 1.54) is 49.1 Å². The monoisotopic (exact) mass is 557 g/mol. The quantitative estimate of drug-likeness (QED) is 0.345. The molecular formula is C25H20FN3O7S2. The molecule has 0 aliphatic rings. The Morgan fingerprint density at radius 3 is 2.24 bits per heavy atom. The molecule has 0 aliphatic heterocycles. The Balaban J connectivity index is 1.64. The lowest BCUT2D eigenvalue weighted by Gasteiger charge is -2.08. The number of halogens is 1. The second-order valence-electron chi connectivity index (χ2n) is 7.77. The summed E-state index contributed by atoms with van der Waals surface area (Å²) in [7, 11) is -1.46. The Morgan fingerprint density at radius 2 is 1.61 bits per heavy atom. The number of hydrogen-bond acceptors (Lipinski definition) is 8. The highest BCUT2D eigenvalue weighted by Gasteiger charge is 2.17. The van der Waals surface area contributed by atoms with E-state index in [0.717, 1.165) is 35.6 Å². The van der Waals surface area contributed by atoms with Gasteiger partial charge < -0.3 is 14.0 Å². The summed E-state index contributed by atoms with van der Waals surface area (Å²) in [4.78, 5) is 41.1. The van der Waals surface area contributed by atoms with Crippen molar-refractivity contribution in [1.82, 2.24) is 4.57 Å². The van der Waals surface area contributed by atoms with Crippen molar-refractivity contribution in [2.75, 3.05) is 18.9 Å². The zero-order chi connectivity index (χ0) is 27.4. The number of ether oxygens (including phenoxy) is 2. The number of carbonyl (C=O) groups excluding carboxylic acids is 3. The molecule has 4 aromatic rings. The topological polar surface area (TPSA) is 133 Å². The highest BCUT2D eigenvalue weighted by molar-refractivity contribution is 7.92. The predicted octanol–water partition coefficient (Wildman–Crippen LogP) is 3.34. The molecule has 0 spiro atoms. The summed E-state index contributed by atoms with van der Waals surface area (Å²) in [5.74, 6) is -2.31. The molecule has 0 bridgehead atoms. The number of carbonyl (C=O) groups is 3. The van der Waals surface area contributed by atoms with Crippen LogP contribution in [0.1, 0.15) is 20.7 Å². The van der Waals surface area contributed by atoms with Gasteiger partial charge in [0, 0.05) is 11.3 Å². The number of thiazole rings is 1. The Bertz CT molecular complexity index is 1710. The highest BCUT2D eigenvalue weighted by atomic mass is 32.2. The number of sulfonamides is 1. The number of nitrogens with one attached hydrogen (secondary N) is 1. The lowest BCUT2D eigenvalue weighted by Crippen LogP contribution is -2.22. The maximum atomic E-state index is 13.1. The minimum absolute atomic E-state index is 0.121. The van der Waals surface area contributed by atoms with E-state index < -0.39 is 33.7 Å². The van der Waals surface area contributed by atoms with Gasteiger partial charge in [0.2, 0.25) is 0 Å². The Labute approximate surface area is 220 Å². The molecule has 1 aromatic heterocycles. The van der Waals surface area contributed by atoms with Gasteiger partial charge in [-0.15, -0.1) is 0 Å². The van der Waals surface area contributed by atoms with Crippen LogP contribution in [-0.4, -0.2) is 45.1 Å². The van der Waals surface area contributed by atoms with Gasteiger partial charge >= 0.3 is 11.9 Å². The fraction of sp³-hybridized carbons (Fsp3) is 0.120. The fourth-order valence-corrected chi connectivity index (χ4v) is 5.54. The van der Waals surface area contributed by atoms with Gasteiger partial charge in [-0.05, 0) is 66.7 Å². The Morgan fingerprint density at radius 1 is 0.947 bits per heavy atom. The first-order chi connectivity index (χ1) is 18.1. The van der Waals surface area contributed by atoms with Gasteiger partial charge in [0.25, 0.3) is 15.9 Å². The second-order valence-corrected chi connectivity index (χ2v) is 10.5.